The van der Waals surface area contributed by atoms with E-state index in [9.17, 15) is 0 Å². The Morgan fingerprint density at radius 1 is 1.05 bits per heavy atom. The Hall–Kier alpha value is -1.46. The molecule has 2 saturated heterocycles. The summed E-state index contributed by atoms with van der Waals surface area (Å²) < 4.78 is 0. The number of likely N-dealkylation sites (tertiary alicyclic amines) is 1. The molecule has 0 amide bonds. The normalized spacial score (nSPS) is 26.1. The first-order valence-electron chi connectivity index (χ1n) is 7.15. The highest BCUT2D eigenvalue weighted by molar-refractivity contribution is 7.09. The Balaban J connectivity index is 1.38. The number of fused-ring (bicyclic) bond motifs is 1. The van der Waals surface area contributed by atoms with Crippen LogP contribution >= 0.6 is 11.3 Å². The van der Waals surface area contributed by atoms with E-state index in [0.29, 0.717) is 0 Å². The molecule has 0 bridgehead atoms. The SMILES string of the molecule is c1cnc(N2C[C@H]3CN(Cc4cccs4)C[C@H]3C2)nc1. The zero-order valence-electron chi connectivity index (χ0n) is 11.4. The topological polar surface area (TPSA) is 32.3 Å². The molecule has 2 atom stereocenters. The molecule has 2 aromatic heterocycles. The van der Waals surface area contributed by atoms with Gasteiger partial charge in [-0.3, -0.25) is 4.90 Å². The van der Waals surface area contributed by atoms with E-state index < -0.39 is 0 Å². The van der Waals surface area contributed by atoms with Crippen LogP contribution in [0.3, 0.4) is 0 Å². The molecule has 0 saturated carbocycles. The lowest BCUT2D eigenvalue weighted by molar-refractivity contribution is 0.311. The lowest BCUT2D eigenvalue weighted by Gasteiger charge is -2.20. The molecule has 104 valence electrons. The van der Waals surface area contributed by atoms with Crippen molar-refractivity contribution in [2.75, 3.05) is 31.1 Å². The van der Waals surface area contributed by atoms with Gasteiger partial charge < -0.3 is 4.90 Å². The molecule has 0 N–H and O–H groups in total. The maximum atomic E-state index is 4.37. The second-order valence-electron chi connectivity index (χ2n) is 5.75. The van der Waals surface area contributed by atoms with Crippen molar-refractivity contribution >= 4 is 17.3 Å². The van der Waals surface area contributed by atoms with Crippen LogP contribution in [-0.2, 0) is 6.54 Å². The van der Waals surface area contributed by atoms with Crippen molar-refractivity contribution in [2.24, 2.45) is 11.8 Å². The van der Waals surface area contributed by atoms with Gasteiger partial charge in [-0.2, -0.15) is 0 Å². The van der Waals surface area contributed by atoms with E-state index in [0.717, 1.165) is 37.4 Å². The summed E-state index contributed by atoms with van der Waals surface area (Å²) >= 11 is 1.86. The number of hydrogen-bond acceptors (Lipinski definition) is 5. The minimum atomic E-state index is 0.777. The molecule has 2 aromatic rings. The van der Waals surface area contributed by atoms with Crippen molar-refractivity contribution in [3.05, 3.63) is 40.8 Å². The number of aromatic nitrogens is 2. The molecule has 2 aliphatic rings. The smallest absolute Gasteiger partial charge is 0.225 e. The van der Waals surface area contributed by atoms with E-state index in [4.69, 9.17) is 0 Å². The molecule has 0 aromatic carbocycles. The molecule has 0 unspecified atom stereocenters. The summed E-state index contributed by atoms with van der Waals surface area (Å²) in [6.45, 7) is 5.76. The van der Waals surface area contributed by atoms with Gasteiger partial charge in [0, 0.05) is 50.0 Å². The van der Waals surface area contributed by atoms with Crippen molar-refractivity contribution in [3.63, 3.8) is 0 Å². The van der Waals surface area contributed by atoms with Gasteiger partial charge in [0.15, 0.2) is 0 Å². The molecule has 4 nitrogen and oxygen atoms in total. The maximum absolute atomic E-state index is 4.37. The predicted molar refractivity (Wildman–Crippen MR) is 80.8 cm³/mol. The molecule has 4 rings (SSSR count). The first kappa shape index (κ1) is 12.3. The van der Waals surface area contributed by atoms with Gasteiger partial charge in [-0.25, -0.2) is 9.97 Å². The van der Waals surface area contributed by atoms with Crippen molar-refractivity contribution in [2.45, 2.75) is 6.54 Å². The van der Waals surface area contributed by atoms with E-state index in [-0.39, 0.29) is 0 Å². The molecule has 0 aliphatic carbocycles. The number of anilines is 1. The van der Waals surface area contributed by atoms with Gasteiger partial charge in [0.05, 0.1) is 0 Å². The van der Waals surface area contributed by atoms with Crippen LogP contribution in [0.1, 0.15) is 4.88 Å². The van der Waals surface area contributed by atoms with Crippen molar-refractivity contribution in [1.29, 1.82) is 0 Å². The van der Waals surface area contributed by atoms with Gasteiger partial charge in [-0.05, 0) is 29.3 Å². The molecular formula is C15H18N4S. The summed E-state index contributed by atoms with van der Waals surface area (Å²) in [6, 6.07) is 6.26. The molecule has 0 spiro atoms. The zero-order valence-corrected chi connectivity index (χ0v) is 12.2. The molecule has 2 fully saturated rings. The highest BCUT2D eigenvalue weighted by Crippen LogP contribution is 2.33. The minimum absolute atomic E-state index is 0.777. The Morgan fingerprint density at radius 3 is 2.45 bits per heavy atom. The van der Waals surface area contributed by atoms with Gasteiger partial charge in [0.25, 0.3) is 0 Å². The van der Waals surface area contributed by atoms with Crippen LogP contribution in [0.25, 0.3) is 0 Å². The van der Waals surface area contributed by atoms with E-state index in [1.165, 1.54) is 18.0 Å². The standard InChI is InChI=1S/C15H18N4S/c1-3-14(20-6-1)11-18-7-12-9-19(10-13(12)8-18)15-16-4-2-5-17-15/h1-6,12-13H,7-11H2/t12-,13+. The average molecular weight is 286 g/mol. The molecule has 4 heterocycles. The summed E-state index contributed by atoms with van der Waals surface area (Å²) in [6.07, 6.45) is 3.67. The third-order valence-corrected chi connectivity index (χ3v) is 5.22. The third-order valence-electron chi connectivity index (χ3n) is 4.36. The van der Waals surface area contributed by atoms with E-state index in [2.05, 4.69) is 37.3 Å². The molecule has 5 heteroatoms. The number of nitrogens with zero attached hydrogens (tertiary/aromatic N) is 4. The second-order valence-corrected chi connectivity index (χ2v) is 6.78. The minimum Gasteiger partial charge on any atom is -0.340 e. The van der Waals surface area contributed by atoms with Gasteiger partial charge in [0.1, 0.15) is 0 Å². The maximum Gasteiger partial charge on any atom is 0.225 e. The first-order chi connectivity index (χ1) is 9.88. The van der Waals surface area contributed by atoms with Gasteiger partial charge in [-0.15, -0.1) is 11.3 Å². The summed E-state index contributed by atoms with van der Waals surface area (Å²) in [5.74, 6) is 2.45. The van der Waals surface area contributed by atoms with Crippen molar-refractivity contribution < 1.29 is 0 Å². The van der Waals surface area contributed by atoms with Crippen LogP contribution in [0.2, 0.25) is 0 Å². The fraction of sp³-hybridized carbons (Fsp3) is 0.467. The average Bonchev–Trinajstić information content (AvgIpc) is 3.16. The Kier molecular flexibility index (Phi) is 3.16. The molecular weight excluding hydrogens is 268 g/mol. The number of thiophene rings is 1. The molecule has 2 aliphatic heterocycles. The summed E-state index contributed by atoms with van der Waals surface area (Å²) in [5.41, 5.74) is 0. The van der Waals surface area contributed by atoms with Gasteiger partial charge in [-0.1, -0.05) is 6.07 Å². The fourth-order valence-corrected chi connectivity index (χ4v) is 4.21. The highest BCUT2D eigenvalue weighted by Gasteiger charge is 2.40. The van der Waals surface area contributed by atoms with Crippen LogP contribution in [0, 0.1) is 11.8 Å². The second kappa shape index (κ2) is 5.14. The van der Waals surface area contributed by atoms with Crippen LogP contribution < -0.4 is 4.90 Å². The summed E-state index contributed by atoms with van der Waals surface area (Å²) in [5, 5.41) is 2.17. The van der Waals surface area contributed by atoms with Crippen LogP contribution in [0.5, 0.6) is 0 Å². The van der Waals surface area contributed by atoms with Gasteiger partial charge in [0.2, 0.25) is 5.95 Å². The Labute approximate surface area is 123 Å². The number of hydrogen-bond donors (Lipinski definition) is 0. The predicted octanol–water partition coefficient (Wildman–Crippen LogP) is 2.11. The fourth-order valence-electron chi connectivity index (χ4n) is 3.46. The lowest BCUT2D eigenvalue weighted by Crippen LogP contribution is -2.29. The summed E-state index contributed by atoms with van der Waals surface area (Å²) in [4.78, 5) is 15.2. The van der Waals surface area contributed by atoms with E-state index in [1.807, 2.05) is 29.8 Å². The van der Waals surface area contributed by atoms with E-state index >= 15 is 0 Å². The monoisotopic (exact) mass is 286 g/mol. The van der Waals surface area contributed by atoms with Crippen LogP contribution in [-0.4, -0.2) is 41.0 Å². The third kappa shape index (κ3) is 2.31. The summed E-state index contributed by atoms with van der Waals surface area (Å²) in [7, 11) is 0. The Bertz CT molecular complexity index is 543. The zero-order chi connectivity index (χ0) is 13.4. The molecule has 20 heavy (non-hydrogen) atoms. The van der Waals surface area contributed by atoms with Crippen molar-refractivity contribution in [3.8, 4) is 0 Å². The largest absolute Gasteiger partial charge is 0.340 e. The van der Waals surface area contributed by atoms with Crippen molar-refractivity contribution in [1.82, 2.24) is 14.9 Å². The first-order valence-corrected chi connectivity index (χ1v) is 8.03. The lowest BCUT2D eigenvalue weighted by atomic mass is 10.0. The molecule has 0 radical (unpaired) electrons. The Morgan fingerprint density at radius 2 is 1.80 bits per heavy atom. The van der Waals surface area contributed by atoms with Crippen LogP contribution in [0.15, 0.2) is 36.0 Å². The van der Waals surface area contributed by atoms with E-state index in [1.54, 1.807) is 0 Å². The van der Waals surface area contributed by atoms with Crippen LogP contribution in [0.4, 0.5) is 5.95 Å². The quantitative estimate of drug-likeness (QED) is 0.865. The number of rotatable bonds is 3. The van der Waals surface area contributed by atoms with Gasteiger partial charge >= 0.3 is 0 Å². The highest BCUT2D eigenvalue weighted by atomic mass is 32.1.